The third-order valence-corrected chi connectivity index (χ3v) is 7.19. The molecule has 0 radical (unpaired) electrons. The van der Waals surface area contributed by atoms with Crippen molar-refractivity contribution in [3.8, 4) is 11.5 Å². The van der Waals surface area contributed by atoms with Gasteiger partial charge in [0.1, 0.15) is 0 Å². The van der Waals surface area contributed by atoms with Gasteiger partial charge in [-0.05, 0) is 56.4 Å². The number of benzene rings is 2. The van der Waals surface area contributed by atoms with Crippen LogP contribution in [0.25, 0.3) is 0 Å². The molecule has 8 nitrogen and oxygen atoms in total. The van der Waals surface area contributed by atoms with E-state index in [9.17, 15) is 9.59 Å². The van der Waals surface area contributed by atoms with Crippen molar-refractivity contribution >= 4 is 28.8 Å². The van der Waals surface area contributed by atoms with Crippen LogP contribution in [-0.2, 0) is 14.3 Å². The third-order valence-electron chi connectivity index (χ3n) is 6.31. The maximum Gasteiger partial charge on any atom is 0.338 e. The quantitative estimate of drug-likeness (QED) is 0.424. The van der Waals surface area contributed by atoms with Gasteiger partial charge in [-0.15, -0.1) is 0 Å². The molecule has 2 aliphatic heterocycles. The van der Waals surface area contributed by atoms with Gasteiger partial charge in [0.15, 0.2) is 16.7 Å². The Bertz CT molecular complexity index is 1300. The first-order valence-electron chi connectivity index (χ1n) is 12.4. The fourth-order valence-electron chi connectivity index (χ4n) is 4.53. The van der Waals surface area contributed by atoms with Gasteiger partial charge in [0.25, 0.3) is 0 Å². The largest absolute Gasteiger partial charge is 0.493 e. The second kappa shape index (κ2) is 11.8. The van der Waals surface area contributed by atoms with E-state index < -0.39 is 12.0 Å². The summed E-state index contributed by atoms with van der Waals surface area (Å²) in [5, 5.41) is 5.70. The molecular formula is C29H33N3O5S. The summed E-state index contributed by atoms with van der Waals surface area (Å²) in [6, 6.07) is 14.7. The van der Waals surface area contributed by atoms with E-state index in [-0.39, 0.29) is 24.5 Å². The number of amides is 1. The molecule has 0 fully saturated rings. The second-order valence-electron chi connectivity index (χ2n) is 9.34. The number of hydrogen-bond acceptors (Lipinski definition) is 8. The molecule has 1 amide bonds. The number of thioether (sulfide) groups is 1. The first-order chi connectivity index (χ1) is 18.2. The molecule has 2 atom stereocenters. The first kappa shape index (κ1) is 27.3. The number of carbonyl (C=O) groups is 2. The number of nitrogens with zero attached hydrogens (tertiary/aromatic N) is 2. The van der Waals surface area contributed by atoms with Crippen molar-refractivity contribution < 1.29 is 23.8 Å². The molecule has 38 heavy (non-hydrogen) atoms. The number of allylic oxidation sites excluding steroid dienone is 1. The highest BCUT2D eigenvalue weighted by atomic mass is 32.2. The highest BCUT2D eigenvalue weighted by molar-refractivity contribution is 8.16. The maximum atomic E-state index is 13.4. The Morgan fingerprint density at radius 2 is 1.76 bits per heavy atom. The summed E-state index contributed by atoms with van der Waals surface area (Å²) in [4.78, 5) is 33.2. The smallest absolute Gasteiger partial charge is 0.338 e. The fraction of sp³-hybridized carbons (Fsp3) is 0.345. The summed E-state index contributed by atoms with van der Waals surface area (Å²) < 4.78 is 16.6. The van der Waals surface area contributed by atoms with Gasteiger partial charge in [0.05, 0.1) is 50.1 Å². The topological polar surface area (TPSA) is 89.5 Å². The van der Waals surface area contributed by atoms with E-state index in [1.807, 2.05) is 80.5 Å². The van der Waals surface area contributed by atoms with E-state index in [2.05, 4.69) is 5.32 Å². The molecule has 0 saturated carbocycles. The molecule has 2 aromatic carbocycles. The van der Waals surface area contributed by atoms with Crippen molar-refractivity contribution in [3.63, 3.8) is 0 Å². The average Bonchev–Trinajstić information content (AvgIpc) is 3.28. The van der Waals surface area contributed by atoms with Gasteiger partial charge < -0.3 is 24.4 Å². The van der Waals surface area contributed by atoms with Gasteiger partial charge in [-0.25, -0.2) is 9.79 Å². The Morgan fingerprint density at radius 3 is 2.42 bits per heavy atom. The Morgan fingerprint density at radius 1 is 1.05 bits per heavy atom. The van der Waals surface area contributed by atoms with Crippen LogP contribution in [0.15, 0.2) is 75.9 Å². The predicted molar refractivity (Wildman–Crippen MR) is 149 cm³/mol. The molecule has 0 aromatic heterocycles. The zero-order valence-corrected chi connectivity index (χ0v) is 23.3. The summed E-state index contributed by atoms with van der Waals surface area (Å²) in [5.41, 5.74) is 3.55. The highest BCUT2D eigenvalue weighted by Gasteiger charge is 2.41. The lowest BCUT2D eigenvalue weighted by Gasteiger charge is -2.36. The predicted octanol–water partition coefficient (Wildman–Crippen LogP) is 5.50. The third kappa shape index (κ3) is 5.72. The minimum atomic E-state index is -0.561. The molecule has 0 aliphatic carbocycles. The Kier molecular flexibility index (Phi) is 8.46. The number of fused-ring (bicyclic) bond motifs is 1. The number of aliphatic imine (C=N–C) groups is 1. The molecule has 9 heteroatoms. The van der Waals surface area contributed by atoms with Crippen molar-refractivity contribution in [2.75, 3.05) is 14.2 Å². The highest BCUT2D eigenvalue weighted by Crippen LogP contribution is 2.46. The maximum absolute atomic E-state index is 13.4. The van der Waals surface area contributed by atoms with Crippen LogP contribution < -0.4 is 14.8 Å². The van der Waals surface area contributed by atoms with E-state index in [4.69, 9.17) is 19.2 Å². The van der Waals surface area contributed by atoms with Crippen LogP contribution in [0, 0.1) is 0 Å². The Hall–Kier alpha value is -3.72. The standard InChI is InChI=1S/C29H33N3O5S/c1-17(2)37-28(34)26-19(4)31-29-32(27(26)21-12-13-23(35-5)24(14-21)36-6)22(16-38-29)15-25(33)30-18(3)20-10-8-7-9-11-20/h7-14,16-18,27H,15H2,1-6H3,(H,30,33)/t18-,27+/m1/s1. The first-order valence-corrected chi connectivity index (χ1v) is 13.3. The fourth-order valence-corrected chi connectivity index (χ4v) is 5.49. The Labute approximate surface area is 227 Å². The van der Waals surface area contributed by atoms with Gasteiger partial charge in [-0.1, -0.05) is 48.2 Å². The van der Waals surface area contributed by atoms with Crippen molar-refractivity contribution in [1.82, 2.24) is 10.2 Å². The zero-order chi connectivity index (χ0) is 27.4. The van der Waals surface area contributed by atoms with E-state index in [1.54, 1.807) is 20.3 Å². The number of hydrogen-bond donors (Lipinski definition) is 1. The number of rotatable bonds is 9. The van der Waals surface area contributed by atoms with E-state index >= 15 is 0 Å². The van der Waals surface area contributed by atoms with Crippen LogP contribution in [0.5, 0.6) is 11.5 Å². The molecular weight excluding hydrogens is 502 g/mol. The molecule has 0 saturated heterocycles. The summed E-state index contributed by atoms with van der Waals surface area (Å²) in [6.07, 6.45) is -0.175. The van der Waals surface area contributed by atoms with Crippen molar-refractivity contribution in [1.29, 1.82) is 0 Å². The number of amidine groups is 1. The van der Waals surface area contributed by atoms with Crippen LogP contribution in [0.4, 0.5) is 0 Å². The molecule has 4 rings (SSSR count). The van der Waals surface area contributed by atoms with Crippen molar-refractivity contribution in [2.24, 2.45) is 4.99 Å². The number of esters is 1. The average molecular weight is 536 g/mol. The van der Waals surface area contributed by atoms with Gasteiger partial charge in [-0.3, -0.25) is 4.79 Å². The zero-order valence-electron chi connectivity index (χ0n) is 22.5. The number of carbonyl (C=O) groups excluding carboxylic acids is 2. The lowest BCUT2D eigenvalue weighted by molar-refractivity contribution is -0.143. The summed E-state index contributed by atoms with van der Waals surface area (Å²) in [6.45, 7) is 7.39. The van der Waals surface area contributed by atoms with Gasteiger partial charge in [0, 0.05) is 5.70 Å². The normalized spacial score (nSPS) is 17.4. The van der Waals surface area contributed by atoms with E-state index in [0.717, 1.165) is 16.8 Å². The van der Waals surface area contributed by atoms with Crippen LogP contribution >= 0.6 is 11.8 Å². The van der Waals surface area contributed by atoms with E-state index in [1.165, 1.54) is 11.8 Å². The molecule has 0 unspecified atom stereocenters. The van der Waals surface area contributed by atoms with Gasteiger partial charge in [-0.2, -0.15) is 0 Å². The van der Waals surface area contributed by atoms with Crippen LogP contribution in [-0.4, -0.2) is 42.3 Å². The van der Waals surface area contributed by atoms with E-state index in [0.29, 0.717) is 27.9 Å². The van der Waals surface area contributed by atoms with Gasteiger partial charge >= 0.3 is 5.97 Å². The monoisotopic (exact) mass is 535 g/mol. The van der Waals surface area contributed by atoms with Crippen molar-refractivity contribution in [3.05, 3.63) is 82.0 Å². The lowest BCUT2D eigenvalue weighted by atomic mass is 9.93. The molecule has 0 bridgehead atoms. The number of nitrogens with one attached hydrogen (secondary N) is 1. The summed E-state index contributed by atoms with van der Waals surface area (Å²) >= 11 is 1.43. The van der Waals surface area contributed by atoms with Crippen LogP contribution in [0.3, 0.4) is 0 Å². The molecule has 200 valence electrons. The molecule has 2 aromatic rings. The van der Waals surface area contributed by atoms with Crippen molar-refractivity contribution in [2.45, 2.75) is 52.3 Å². The lowest BCUT2D eigenvalue weighted by Crippen LogP contribution is -2.38. The minimum Gasteiger partial charge on any atom is -0.493 e. The summed E-state index contributed by atoms with van der Waals surface area (Å²) in [7, 11) is 3.14. The molecule has 2 aliphatic rings. The number of methoxy groups -OCH3 is 2. The second-order valence-corrected chi connectivity index (χ2v) is 10.2. The Balaban J connectivity index is 1.68. The molecule has 1 N–H and O–H groups in total. The SMILES string of the molecule is COc1ccc([C@H]2C(C(=O)OC(C)C)=C(C)N=C3SC=C(CC(=O)N[C@H](C)c4ccccc4)N32)cc1OC. The van der Waals surface area contributed by atoms with Crippen LogP contribution in [0.1, 0.15) is 57.3 Å². The minimum absolute atomic E-state index is 0.124. The summed E-state index contributed by atoms with van der Waals surface area (Å²) in [5.74, 6) is 0.542. The molecule has 0 spiro atoms. The number of ether oxygens (including phenoxy) is 3. The van der Waals surface area contributed by atoms with Crippen LogP contribution in [0.2, 0.25) is 0 Å². The molecule has 2 heterocycles. The van der Waals surface area contributed by atoms with Gasteiger partial charge in [0.2, 0.25) is 5.91 Å².